The van der Waals surface area contributed by atoms with Crippen LogP contribution in [0.1, 0.15) is 35.0 Å². The third kappa shape index (κ3) is 3.72. The van der Waals surface area contributed by atoms with Gasteiger partial charge in [-0.2, -0.15) is 0 Å². The number of aromatic nitrogens is 1. The molecule has 0 radical (unpaired) electrons. The van der Waals surface area contributed by atoms with E-state index >= 15 is 0 Å². The quantitative estimate of drug-likeness (QED) is 0.531. The molecule has 0 aliphatic carbocycles. The second-order valence-corrected chi connectivity index (χ2v) is 6.64. The Labute approximate surface area is 156 Å². The smallest absolute Gasteiger partial charge is 0.119 e. The molecule has 3 rings (SSSR count). The van der Waals surface area contributed by atoms with Gasteiger partial charge in [-0.3, -0.25) is 4.99 Å². The maximum absolute atomic E-state index is 5.54. The average molecular weight is 346 g/mol. The van der Waals surface area contributed by atoms with Crippen LogP contribution in [0.25, 0.3) is 5.69 Å². The van der Waals surface area contributed by atoms with Crippen molar-refractivity contribution in [2.24, 2.45) is 4.99 Å². The summed E-state index contributed by atoms with van der Waals surface area (Å²) >= 11 is 0. The van der Waals surface area contributed by atoms with Crippen molar-refractivity contribution < 1.29 is 4.74 Å². The molecule has 3 nitrogen and oxygen atoms in total. The van der Waals surface area contributed by atoms with Crippen LogP contribution in [0.3, 0.4) is 0 Å². The Morgan fingerprint density at radius 2 is 1.69 bits per heavy atom. The molecule has 0 fully saturated rings. The third-order valence-corrected chi connectivity index (χ3v) is 4.57. The second-order valence-electron chi connectivity index (χ2n) is 6.64. The predicted octanol–water partition coefficient (Wildman–Crippen LogP) is 5.86. The highest BCUT2D eigenvalue weighted by atomic mass is 16.5. The van der Waals surface area contributed by atoms with Crippen LogP contribution in [0, 0.1) is 27.7 Å². The van der Waals surface area contributed by atoms with Crippen molar-refractivity contribution in [1.29, 1.82) is 0 Å². The van der Waals surface area contributed by atoms with Crippen LogP contribution in [-0.4, -0.2) is 17.4 Å². The summed E-state index contributed by atoms with van der Waals surface area (Å²) in [6.45, 7) is 11.1. The third-order valence-electron chi connectivity index (χ3n) is 4.57. The van der Waals surface area contributed by atoms with E-state index in [1.807, 2.05) is 25.3 Å². The molecule has 0 bridgehead atoms. The normalized spacial score (nSPS) is 11.3. The number of nitrogens with zero attached hydrogens (tertiary/aromatic N) is 2. The van der Waals surface area contributed by atoms with Crippen molar-refractivity contribution in [3.63, 3.8) is 0 Å². The fourth-order valence-corrected chi connectivity index (χ4v) is 3.26. The molecule has 3 heteroatoms. The molecule has 26 heavy (non-hydrogen) atoms. The lowest BCUT2D eigenvalue weighted by Gasteiger charge is -2.11. The maximum Gasteiger partial charge on any atom is 0.119 e. The van der Waals surface area contributed by atoms with Gasteiger partial charge in [-0.25, -0.2) is 0 Å². The predicted molar refractivity (Wildman–Crippen MR) is 110 cm³/mol. The van der Waals surface area contributed by atoms with Gasteiger partial charge in [0.25, 0.3) is 0 Å². The molecule has 0 N–H and O–H groups in total. The summed E-state index contributed by atoms with van der Waals surface area (Å²) in [5.74, 6) is 0.898. The zero-order valence-electron chi connectivity index (χ0n) is 16.2. The average Bonchev–Trinajstić information content (AvgIpc) is 2.89. The fraction of sp³-hybridized carbons (Fsp3) is 0.261. The van der Waals surface area contributed by atoms with Gasteiger partial charge in [0.05, 0.1) is 12.3 Å². The van der Waals surface area contributed by atoms with E-state index in [1.165, 1.54) is 22.5 Å². The fourth-order valence-electron chi connectivity index (χ4n) is 3.26. The molecule has 0 aliphatic rings. The van der Waals surface area contributed by atoms with Gasteiger partial charge in [0.2, 0.25) is 0 Å². The maximum atomic E-state index is 5.54. The standard InChI is InChI=1S/C23H26N2O/c1-6-26-22-10-8-21(9-11-22)25-18(4)14-20(19(25)5)15-24-23-12-7-16(2)13-17(23)3/h7-15H,6H2,1-5H3. The number of rotatable bonds is 5. The van der Waals surface area contributed by atoms with Gasteiger partial charge in [-0.05, 0) is 76.6 Å². The van der Waals surface area contributed by atoms with Crippen LogP contribution in [0.15, 0.2) is 53.5 Å². The first kappa shape index (κ1) is 18.0. The Morgan fingerprint density at radius 1 is 0.962 bits per heavy atom. The summed E-state index contributed by atoms with van der Waals surface area (Å²) < 4.78 is 7.79. The SMILES string of the molecule is CCOc1ccc(-n2c(C)cc(C=Nc3ccc(C)cc3C)c2C)cc1. The van der Waals surface area contributed by atoms with Crippen molar-refractivity contribution in [3.8, 4) is 11.4 Å². The summed E-state index contributed by atoms with van der Waals surface area (Å²) in [6, 6.07) is 16.7. The van der Waals surface area contributed by atoms with Crippen LogP contribution >= 0.6 is 0 Å². The van der Waals surface area contributed by atoms with E-state index in [0.717, 1.165) is 22.7 Å². The Morgan fingerprint density at radius 3 is 2.35 bits per heavy atom. The van der Waals surface area contributed by atoms with Crippen LogP contribution in [0.5, 0.6) is 5.75 Å². The Bertz CT molecular complexity index is 934. The van der Waals surface area contributed by atoms with Crippen molar-refractivity contribution in [3.05, 3.63) is 76.6 Å². The molecule has 3 aromatic rings. The number of aliphatic imine (C=N–C) groups is 1. The monoisotopic (exact) mass is 346 g/mol. The van der Waals surface area contributed by atoms with Gasteiger partial charge in [-0.1, -0.05) is 17.7 Å². The molecule has 0 atom stereocenters. The van der Waals surface area contributed by atoms with Crippen molar-refractivity contribution in [2.75, 3.05) is 6.61 Å². The topological polar surface area (TPSA) is 26.5 Å². The van der Waals surface area contributed by atoms with E-state index < -0.39 is 0 Å². The molecular weight excluding hydrogens is 320 g/mol. The molecule has 0 spiro atoms. The first-order chi connectivity index (χ1) is 12.5. The number of hydrogen-bond donors (Lipinski definition) is 0. The van der Waals surface area contributed by atoms with E-state index in [-0.39, 0.29) is 0 Å². The highest BCUT2D eigenvalue weighted by molar-refractivity contribution is 5.84. The van der Waals surface area contributed by atoms with Gasteiger partial charge in [0.1, 0.15) is 5.75 Å². The second kappa shape index (κ2) is 7.61. The van der Waals surface area contributed by atoms with Crippen molar-refractivity contribution in [2.45, 2.75) is 34.6 Å². The minimum absolute atomic E-state index is 0.681. The lowest BCUT2D eigenvalue weighted by Crippen LogP contribution is -2.00. The number of aryl methyl sites for hydroxylation is 3. The molecule has 1 heterocycles. The highest BCUT2D eigenvalue weighted by Crippen LogP contribution is 2.24. The minimum Gasteiger partial charge on any atom is -0.494 e. The highest BCUT2D eigenvalue weighted by Gasteiger charge is 2.09. The number of hydrogen-bond acceptors (Lipinski definition) is 2. The Hall–Kier alpha value is -2.81. The van der Waals surface area contributed by atoms with E-state index in [9.17, 15) is 0 Å². The molecule has 0 saturated carbocycles. The van der Waals surface area contributed by atoms with Crippen molar-refractivity contribution >= 4 is 11.9 Å². The zero-order valence-corrected chi connectivity index (χ0v) is 16.2. The van der Waals surface area contributed by atoms with Gasteiger partial charge in [0.15, 0.2) is 0 Å². The molecule has 1 aromatic heterocycles. The molecule has 134 valence electrons. The lowest BCUT2D eigenvalue weighted by atomic mass is 10.1. The van der Waals surface area contributed by atoms with Crippen molar-refractivity contribution in [1.82, 2.24) is 4.57 Å². The minimum atomic E-state index is 0.681. The number of benzene rings is 2. The van der Waals surface area contributed by atoms with Gasteiger partial charge >= 0.3 is 0 Å². The lowest BCUT2D eigenvalue weighted by molar-refractivity contribution is 0.340. The first-order valence-electron chi connectivity index (χ1n) is 9.03. The molecule has 0 saturated heterocycles. The summed E-state index contributed by atoms with van der Waals surface area (Å²) in [5.41, 5.74) is 8.11. The Balaban J connectivity index is 1.91. The first-order valence-corrected chi connectivity index (χ1v) is 9.03. The van der Waals surface area contributed by atoms with Crippen LogP contribution in [0.4, 0.5) is 5.69 Å². The van der Waals surface area contributed by atoms with Crippen LogP contribution in [0.2, 0.25) is 0 Å². The van der Waals surface area contributed by atoms with E-state index in [4.69, 9.17) is 9.73 Å². The van der Waals surface area contributed by atoms with Gasteiger partial charge < -0.3 is 9.30 Å². The van der Waals surface area contributed by atoms with E-state index in [0.29, 0.717) is 6.61 Å². The molecule has 2 aromatic carbocycles. The van der Waals surface area contributed by atoms with Crippen LogP contribution in [-0.2, 0) is 0 Å². The van der Waals surface area contributed by atoms with Gasteiger partial charge in [0, 0.05) is 28.9 Å². The van der Waals surface area contributed by atoms with Gasteiger partial charge in [-0.15, -0.1) is 0 Å². The van der Waals surface area contributed by atoms with E-state index in [2.05, 4.69) is 68.7 Å². The molecular formula is C23H26N2O. The number of ether oxygens (including phenoxy) is 1. The summed E-state index contributed by atoms with van der Waals surface area (Å²) in [4.78, 5) is 4.71. The van der Waals surface area contributed by atoms with Crippen LogP contribution < -0.4 is 4.74 Å². The Kier molecular flexibility index (Phi) is 5.27. The summed E-state index contributed by atoms with van der Waals surface area (Å²) in [5, 5.41) is 0. The molecule has 0 aliphatic heterocycles. The molecule has 0 amide bonds. The zero-order chi connectivity index (χ0) is 18.7. The largest absolute Gasteiger partial charge is 0.494 e. The van der Waals surface area contributed by atoms with E-state index in [1.54, 1.807) is 0 Å². The summed E-state index contributed by atoms with van der Waals surface area (Å²) in [7, 11) is 0. The summed E-state index contributed by atoms with van der Waals surface area (Å²) in [6.07, 6.45) is 1.96. The molecule has 0 unspecified atom stereocenters.